The van der Waals surface area contributed by atoms with E-state index in [4.69, 9.17) is 4.42 Å². The van der Waals surface area contributed by atoms with Gasteiger partial charge in [0.2, 0.25) is 5.78 Å². The van der Waals surface area contributed by atoms with Crippen LogP contribution in [0.3, 0.4) is 0 Å². The van der Waals surface area contributed by atoms with Crippen molar-refractivity contribution >= 4 is 11.7 Å². The summed E-state index contributed by atoms with van der Waals surface area (Å²) >= 11 is 0. The lowest BCUT2D eigenvalue weighted by molar-refractivity contribution is -0.129. The van der Waals surface area contributed by atoms with Gasteiger partial charge in [-0.15, -0.1) is 0 Å². The monoisotopic (exact) mass is 341 g/mol. The first-order valence-electron chi connectivity index (χ1n) is 7.87. The molecule has 25 heavy (non-hydrogen) atoms. The number of pyridine rings is 1. The van der Waals surface area contributed by atoms with Crippen LogP contribution in [0.25, 0.3) is 0 Å². The van der Waals surface area contributed by atoms with Crippen LogP contribution < -0.4 is 0 Å². The highest BCUT2D eigenvalue weighted by Crippen LogP contribution is 2.38. The van der Waals surface area contributed by atoms with Gasteiger partial charge in [-0.1, -0.05) is 0 Å². The summed E-state index contributed by atoms with van der Waals surface area (Å²) in [5.41, 5.74) is 0.742. The van der Waals surface area contributed by atoms with Gasteiger partial charge in [-0.3, -0.25) is 14.6 Å². The van der Waals surface area contributed by atoms with Crippen LogP contribution in [0, 0.1) is 0 Å². The van der Waals surface area contributed by atoms with Crippen molar-refractivity contribution in [1.82, 2.24) is 14.8 Å². The van der Waals surface area contributed by atoms with Crippen molar-refractivity contribution in [3.63, 3.8) is 0 Å². The van der Waals surface area contributed by atoms with Crippen molar-refractivity contribution in [2.24, 2.45) is 0 Å². The van der Waals surface area contributed by atoms with Gasteiger partial charge in [0.1, 0.15) is 0 Å². The molecule has 3 heterocycles. The summed E-state index contributed by atoms with van der Waals surface area (Å²) in [7, 11) is 3.79. The van der Waals surface area contributed by atoms with Crippen LogP contribution in [-0.4, -0.2) is 58.8 Å². The fraction of sp³-hybridized carbons (Fsp3) is 0.278. The van der Waals surface area contributed by atoms with E-state index in [1.165, 1.54) is 17.2 Å². The van der Waals surface area contributed by atoms with Gasteiger partial charge in [-0.25, -0.2) is 0 Å². The molecule has 2 aromatic rings. The minimum absolute atomic E-state index is 0.0323. The highest BCUT2D eigenvalue weighted by atomic mass is 16.3. The zero-order valence-electron chi connectivity index (χ0n) is 14.0. The van der Waals surface area contributed by atoms with Gasteiger partial charge >= 0.3 is 0 Å². The third-order valence-electron chi connectivity index (χ3n) is 4.10. The van der Waals surface area contributed by atoms with E-state index in [2.05, 4.69) is 4.98 Å². The summed E-state index contributed by atoms with van der Waals surface area (Å²) in [6, 6.07) is 5.89. The molecular formula is C18H19N3O4. The lowest BCUT2D eigenvalue weighted by atomic mass is 9.96. The Morgan fingerprint density at radius 3 is 2.64 bits per heavy atom. The molecule has 0 bridgehead atoms. The molecule has 130 valence electrons. The Kier molecular flexibility index (Phi) is 4.67. The molecule has 0 fully saturated rings. The number of aliphatic hydroxyl groups excluding tert-OH is 1. The maximum atomic E-state index is 12.8. The first kappa shape index (κ1) is 16.9. The molecular weight excluding hydrogens is 322 g/mol. The molecule has 0 spiro atoms. The van der Waals surface area contributed by atoms with Gasteiger partial charge in [0.15, 0.2) is 11.5 Å². The number of Topliss-reactive ketones (excluding diaryl/α,β-unsaturated/α-hetero) is 1. The molecule has 1 amide bonds. The van der Waals surface area contributed by atoms with Gasteiger partial charge in [0, 0.05) is 25.5 Å². The Morgan fingerprint density at radius 2 is 2.04 bits per heavy atom. The second kappa shape index (κ2) is 6.90. The molecule has 0 unspecified atom stereocenters. The molecule has 0 saturated heterocycles. The van der Waals surface area contributed by atoms with Crippen LogP contribution in [0.2, 0.25) is 0 Å². The van der Waals surface area contributed by atoms with E-state index in [1.54, 1.807) is 30.6 Å². The lowest BCUT2D eigenvalue weighted by Gasteiger charge is -2.27. The third-order valence-corrected chi connectivity index (χ3v) is 4.10. The maximum Gasteiger partial charge on any atom is 0.290 e. The summed E-state index contributed by atoms with van der Waals surface area (Å²) in [4.78, 5) is 32.8. The van der Waals surface area contributed by atoms with Crippen LogP contribution >= 0.6 is 0 Å². The van der Waals surface area contributed by atoms with Crippen LogP contribution in [0.4, 0.5) is 0 Å². The number of hydrogen-bond donors (Lipinski definition) is 1. The number of nitrogens with zero attached hydrogens (tertiary/aromatic N) is 3. The van der Waals surface area contributed by atoms with E-state index in [-0.39, 0.29) is 11.3 Å². The van der Waals surface area contributed by atoms with Crippen molar-refractivity contribution in [3.05, 3.63) is 65.6 Å². The molecule has 7 heteroatoms. The van der Waals surface area contributed by atoms with Crippen LogP contribution in [-0.2, 0) is 4.79 Å². The normalized spacial score (nSPS) is 17.6. The van der Waals surface area contributed by atoms with E-state index in [9.17, 15) is 14.7 Å². The molecule has 1 aliphatic rings. The Labute approximate surface area is 145 Å². The number of ketones is 1. The Balaban J connectivity index is 2.04. The Hall–Kier alpha value is -2.93. The fourth-order valence-corrected chi connectivity index (χ4v) is 2.86. The van der Waals surface area contributed by atoms with E-state index in [1.807, 2.05) is 19.0 Å². The maximum absolute atomic E-state index is 12.8. The van der Waals surface area contributed by atoms with Crippen molar-refractivity contribution in [1.29, 1.82) is 0 Å². The second-order valence-corrected chi connectivity index (χ2v) is 6.05. The van der Waals surface area contributed by atoms with Crippen molar-refractivity contribution < 1.29 is 19.1 Å². The topological polar surface area (TPSA) is 86.9 Å². The van der Waals surface area contributed by atoms with E-state index in [0.29, 0.717) is 18.7 Å². The van der Waals surface area contributed by atoms with Gasteiger partial charge in [0.05, 0.1) is 17.9 Å². The molecule has 1 aliphatic heterocycles. The second-order valence-electron chi connectivity index (χ2n) is 6.05. The predicted octanol–water partition coefficient (Wildman–Crippen LogP) is 1.81. The number of aromatic nitrogens is 1. The molecule has 1 atom stereocenters. The third kappa shape index (κ3) is 3.18. The number of carbonyl (C=O) groups is 2. The zero-order valence-corrected chi connectivity index (χ0v) is 14.0. The average Bonchev–Trinajstić information content (AvgIpc) is 3.22. The molecule has 0 saturated carbocycles. The van der Waals surface area contributed by atoms with E-state index in [0.717, 1.165) is 0 Å². The minimum atomic E-state index is -0.673. The predicted molar refractivity (Wildman–Crippen MR) is 89.9 cm³/mol. The first-order chi connectivity index (χ1) is 12.0. The average molecular weight is 341 g/mol. The quantitative estimate of drug-likeness (QED) is 0.807. The van der Waals surface area contributed by atoms with E-state index >= 15 is 0 Å². The van der Waals surface area contributed by atoms with Gasteiger partial charge in [-0.05, 0) is 43.9 Å². The first-order valence-corrected chi connectivity index (χ1v) is 7.87. The summed E-state index contributed by atoms with van der Waals surface area (Å²) in [5, 5.41) is 10.4. The molecule has 7 nitrogen and oxygen atoms in total. The zero-order chi connectivity index (χ0) is 18.0. The van der Waals surface area contributed by atoms with Crippen molar-refractivity contribution in [3.8, 4) is 0 Å². The van der Waals surface area contributed by atoms with Gasteiger partial charge < -0.3 is 19.3 Å². The Bertz CT molecular complexity index is 797. The van der Waals surface area contributed by atoms with Crippen molar-refractivity contribution in [2.45, 2.75) is 6.04 Å². The summed E-state index contributed by atoms with van der Waals surface area (Å²) in [6.45, 7) is 0.973. The lowest BCUT2D eigenvalue weighted by Crippen LogP contribution is -2.36. The number of aliphatic hydroxyl groups is 1. The van der Waals surface area contributed by atoms with Gasteiger partial charge in [0.25, 0.3) is 5.91 Å². The fourth-order valence-electron chi connectivity index (χ4n) is 2.86. The summed E-state index contributed by atoms with van der Waals surface area (Å²) < 4.78 is 5.16. The smallest absolute Gasteiger partial charge is 0.290 e. The SMILES string of the molecule is CN(C)CCN1C(=O)C(O)=C(C(=O)c2ccco2)[C@@H]1c1ccncc1. The summed E-state index contributed by atoms with van der Waals surface area (Å²) in [6.07, 6.45) is 4.56. The molecule has 0 aromatic carbocycles. The minimum Gasteiger partial charge on any atom is -0.503 e. The number of hydrogen-bond acceptors (Lipinski definition) is 6. The number of amides is 1. The highest BCUT2D eigenvalue weighted by Gasteiger charge is 2.44. The number of likely N-dealkylation sites (N-methyl/N-ethyl adjacent to an activating group) is 1. The number of furan rings is 1. The molecule has 0 radical (unpaired) electrons. The largest absolute Gasteiger partial charge is 0.503 e. The van der Waals surface area contributed by atoms with Crippen molar-refractivity contribution in [2.75, 3.05) is 27.2 Å². The van der Waals surface area contributed by atoms with Crippen LogP contribution in [0.5, 0.6) is 0 Å². The highest BCUT2D eigenvalue weighted by molar-refractivity contribution is 6.14. The standard InChI is InChI=1S/C18H19N3O4/c1-20(2)9-10-21-15(12-5-7-19-8-6-12)14(17(23)18(21)24)16(22)13-4-3-11-25-13/h3-8,11,15,23H,9-10H2,1-2H3/t15-/m0/s1. The van der Waals surface area contributed by atoms with Crippen LogP contribution in [0.1, 0.15) is 22.2 Å². The molecule has 0 aliphatic carbocycles. The number of carbonyl (C=O) groups excluding carboxylic acids is 2. The summed E-state index contributed by atoms with van der Waals surface area (Å²) in [5.74, 6) is -1.49. The molecule has 2 aromatic heterocycles. The molecule has 3 rings (SSSR count). The Morgan fingerprint density at radius 1 is 1.32 bits per heavy atom. The number of rotatable bonds is 6. The van der Waals surface area contributed by atoms with Gasteiger partial charge in [-0.2, -0.15) is 0 Å². The van der Waals surface area contributed by atoms with Crippen LogP contribution in [0.15, 0.2) is 58.7 Å². The van der Waals surface area contributed by atoms with E-state index < -0.39 is 23.5 Å². The molecule has 1 N–H and O–H groups in total.